The third-order valence-electron chi connectivity index (χ3n) is 18.3. The maximum Gasteiger partial charge on any atom is 0.0620 e. The molecule has 0 saturated carbocycles. The molecule has 14 aromatic rings. The molecule has 3 heteroatoms. The lowest BCUT2D eigenvalue weighted by Crippen LogP contribution is -2.14. The normalized spacial score (nSPS) is 12.6. The van der Waals surface area contributed by atoms with Gasteiger partial charge in [-0.25, -0.2) is 0 Å². The van der Waals surface area contributed by atoms with Crippen LogP contribution in [0.4, 0.5) is 34.1 Å². The van der Waals surface area contributed by atoms with E-state index in [9.17, 15) is 0 Å². The van der Waals surface area contributed by atoms with Gasteiger partial charge in [0.15, 0.2) is 0 Å². The predicted octanol–water partition coefficient (Wildman–Crippen LogP) is 24.3. The molecule has 0 aliphatic carbocycles. The number of benzene rings is 12. The summed E-state index contributed by atoms with van der Waals surface area (Å²) in [6, 6.07) is 94.1. The zero-order valence-corrected chi connectivity index (χ0v) is 52.5. The number of fused-ring (bicyclic) bond motifs is 8. The van der Waals surface area contributed by atoms with Gasteiger partial charge < -0.3 is 14.2 Å². The number of hydrogen-bond donors (Lipinski definition) is 0. The zero-order valence-electron chi connectivity index (χ0n) is 52.5. The van der Waals surface area contributed by atoms with Crippen LogP contribution in [0, 0.1) is 0 Å². The Kier molecular flexibility index (Phi) is 13.1. The third kappa shape index (κ3) is 10.2. The van der Waals surface area contributed by atoms with Gasteiger partial charge in [-0.15, -0.1) is 0 Å². The fourth-order valence-corrected chi connectivity index (χ4v) is 13.1. The van der Waals surface area contributed by atoms with Gasteiger partial charge in [-0.2, -0.15) is 0 Å². The SMILES string of the molecule is CC(C)(C)c1ccc(N(c2ccc(-c3ccc4cc5c6cc(-c7ccccc7)cc7c8cc9ccc(-c%10ccc(N(c%11ccc(C(C)(C)C)cc%11)c%11ccc(C(C)(C)C)cc%11)cc%10)cc9cc8n(c5cc4c3)c67)cc2)c2ccc(C(C)(C)C)cc2)cc1. The van der Waals surface area contributed by atoms with E-state index in [2.05, 4.69) is 346 Å². The van der Waals surface area contributed by atoms with Crippen LogP contribution in [-0.2, 0) is 21.7 Å². The Morgan fingerprint density at radius 1 is 0.230 bits per heavy atom. The highest BCUT2D eigenvalue weighted by Crippen LogP contribution is 2.46. The van der Waals surface area contributed by atoms with E-state index < -0.39 is 0 Å². The molecule has 0 atom stereocenters. The van der Waals surface area contributed by atoms with Gasteiger partial charge in [-0.3, -0.25) is 0 Å². The highest BCUT2D eigenvalue weighted by molar-refractivity contribution is 6.27. The quantitative estimate of drug-likeness (QED) is 0.143. The molecule has 3 nitrogen and oxygen atoms in total. The molecule has 0 N–H and O–H groups in total. The van der Waals surface area contributed by atoms with Gasteiger partial charge >= 0.3 is 0 Å². The van der Waals surface area contributed by atoms with Crippen LogP contribution in [0.1, 0.15) is 105 Å². The van der Waals surface area contributed by atoms with Gasteiger partial charge in [-0.1, -0.05) is 210 Å². The van der Waals surface area contributed by atoms with Gasteiger partial charge in [0.25, 0.3) is 0 Å². The molecule has 428 valence electrons. The number of anilines is 6. The van der Waals surface area contributed by atoms with E-state index in [0.29, 0.717) is 0 Å². The highest BCUT2D eigenvalue weighted by atomic mass is 15.1. The first kappa shape index (κ1) is 55.4. The summed E-state index contributed by atoms with van der Waals surface area (Å²) in [6.07, 6.45) is 0. The van der Waals surface area contributed by atoms with Crippen LogP contribution in [0.15, 0.2) is 249 Å². The molecule has 0 aliphatic rings. The molecule has 2 aromatic heterocycles. The average Bonchev–Trinajstić information content (AvgIpc) is 1.56. The van der Waals surface area contributed by atoms with E-state index >= 15 is 0 Å². The average molecular weight is 1130 g/mol. The standard InChI is InChI=1S/C84H77N3/c1-81(2,3)64-26-38-70(39-27-64)85(71-40-28-65(29-41-71)82(4,5)6)68-34-22-55(23-35-68)57-18-20-59-48-74-76-50-63(54-16-14-13-15-17-54)51-77-75-49-60-21-19-58(47-62(60)53-79(75)87(80(76)77)78(74)52-61(59)46-57)56-24-36-69(37-25-56)86(72-42-30-66(31-43-72)83(7,8)9)73-44-32-67(33-45-73)84(10,11)12/h13-53H,1-12H3. The summed E-state index contributed by atoms with van der Waals surface area (Å²) in [5, 5.41) is 9.98. The molecule has 12 aromatic carbocycles. The largest absolute Gasteiger partial charge is 0.311 e. The molecular formula is C84H77N3. The fourth-order valence-electron chi connectivity index (χ4n) is 13.1. The second kappa shape index (κ2) is 20.6. The third-order valence-corrected chi connectivity index (χ3v) is 18.3. The highest BCUT2D eigenvalue weighted by Gasteiger charge is 2.24. The van der Waals surface area contributed by atoms with Crippen LogP contribution in [0.3, 0.4) is 0 Å². The smallest absolute Gasteiger partial charge is 0.0620 e. The zero-order chi connectivity index (χ0) is 60.3. The first-order valence-electron chi connectivity index (χ1n) is 31.0. The second-order valence-corrected chi connectivity index (χ2v) is 28.4. The van der Waals surface area contributed by atoms with E-state index in [-0.39, 0.29) is 21.7 Å². The van der Waals surface area contributed by atoms with E-state index in [0.717, 1.165) is 34.1 Å². The lowest BCUT2D eigenvalue weighted by atomic mass is 9.86. The molecule has 0 amide bonds. The number of hydrogen-bond acceptors (Lipinski definition) is 2. The molecule has 2 heterocycles. The number of rotatable bonds is 9. The summed E-state index contributed by atoms with van der Waals surface area (Å²) in [7, 11) is 0. The Bertz CT molecular complexity index is 4460. The lowest BCUT2D eigenvalue weighted by molar-refractivity contribution is 0.590. The van der Waals surface area contributed by atoms with Crippen molar-refractivity contribution in [2.45, 2.75) is 105 Å². The number of aromatic nitrogens is 1. The molecule has 14 rings (SSSR count). The Labute approximate surface area is 514 Å². The molecule has 0 unspecified atom stereocenters. The fraction of sp³-hybridized carbons (Fsp3) is 0.190. The summed E-state index contributed by atoms with van der Waals surface area (Å²) in [5.74, 6) is 0. The Morgan fingerprint density at radius 2 is 0.517 bits per heavy atom. The maximum absolute atomic E-state index is 2.55. The Morgan fingerprint density at radius 3 is 0.828 bits per heavy atom. The van der Waals surface area contributed by atoms with E-state index in [1.807, 2.05) is 0 Å². The van der Waals surface area contributed by atoms with Gasteiger partial charge in [0.1, 0.15) is 0 Å². The van der Waals surface area contributed by atoms with E-state index in [1.54, 1.807) is 0 Å². The summed E-state index contributed by atoms with van der Waals surface area (Å²) in [4.78, 5) is 4.76. The minimum atomic E-state index is 0.0681. The van der Waals surface area contributed by atoms with Crippen molar-refractivity contribution >= 4 is 93.8 Å². The summed E-state index contributed by atoms with van der Waals surface area (Å²) in [6.45, 7) is 27.3. The molecule has 0 fully saturated rings. The topological polar surface area (TPSA) is 10.9 Å². The van der Waals surface area contributed by atoms with Crippen molar-refractivity contribution in [3.63, 3.8) is 0 Å². The van der Waals surface area contributed by atoms with Crippen molar-refractivity contribution in [3.8, 4) is 33.4 Å². The first-order chi connectivity index (χ1) is 41.6. The minimum absolute atomic E-state index is 0.0681. The van der Waals surface area contributed by atoms with Crippen LogP contribution in [0.5, 0.6) is 0 Å². The van der Waals surface area contributed by atoms with Crippen molar-refractivity contribution in [1.29, 1.82) is 0 Å². The monoisotopic (exact) mass is 1130 g/mol. The van der Waals surface area contributed by atoms with Crippen LogP contribution in [0.25, 0.3) is 93.0 Å². The van der Waals surface area contributed by atoms with Gasteiger partial charge in [0, 0.05) is 55.7 Å². The molecule has 0 saturated heterocycles. The van der Waals surface area contributed by atoms with Crippen molar-refractivity contribution in [2.75, 3.05) is 9.80 Å². The van der Waals surface area contributed by atoms with Crippen LogP contribution in [0.2, 0.25) is 0 Å². The molecule has 0 radical (unpaired) electrons. The second-order valence-electron chi connectivity index (χ2n) is 28.4. The van der Waals surface area contributed by atoms with Crippen molar-refractivity contribution in [2.24, 2.45) is 0 Å². The van der Waals surface area contributed by atoms with Crippen LogP contribution in [-0.4, -0.2) is 4.40 Å². The van der Waals surface area contributed by atoms with Gasteiger partial charge in [0.05, 0.1) is 16.6 Å². The maximum atomic E-state index is 2.55. The summed E-state index contributed by atoms with van der Waals surface area (Å²) in [5.41, 5.74) is 23.3. The molecule has 0 bridgehead atoms. The lowest BCUT2D eigenvalue weighted by Gasteiger charge is -2.28. The predicted molar refractivity (Wildman–Crippen MR) is 377 cm³/mol. The summed E-state index contributed by atoms with van der Waals surface area (Å²) >= 11 is 0. The van der Waals surface area contributed by atoms with E-state index in [4.69, 9.17) is 0 Å². The molecular weight excluding hydrogens is 1050 g/mol. The number of nitrogens with zero attached hydrogens (tertiary/aromatic N) is 3. The summed E-state index contributed by atoms with van der Waals surface area (Å²) < 4.78 is 2.55. The first-order valence-corrected chi connectivity index (χ1v) is 31.0. The van der Waals surface area contributed by atoms with Crippen molar-refractivity contribution < 1.29 is 0 Å². The van der Waals surface area contributed by atoms with Crippen LogP contribution >= 0.6 is 0 Å². The Hall–Kier alpha value is -9.44. The van der Waals surface area contributed by atoms with E-state index in [1.165, 1.54) is 115 Å². The molecule has 0 spiro atoms. The molecule has 87 heavy (non-hydrogen) atoms. The van der Waals surface area contributed by atoms with Crippen molar-refractivity contribution in [3.05, 3.63) is 271 Å². The van der Waals surface area contributed by atoms with Gasteiger partial charge in [-0.05, 0) is 220 Å². The van der Waals surface area contributed by atoms with Crippen LogP contribution < -0.4 is 9.80 Å². The van der Waals surface area contributed by atoms with Crippen molar-refractivity contribution in [1.82, 2.24) is 4.40 Å². The minimum Gasteiger partial charge on any atom is -0.311 e. The molecule has 0 aliphatic heterocycles. The van der Waals surface area contributed by atoms with Gasteiger partial charge in [0.2, 0.25) is 0 Å². The Balaban J connectivity index is 0.853.